The molecule has 114 valence electrons. The highest BCUT2D eigenvalue weighted by Crippen LogP contribution is 2.33. The first-order chi connectivity index (χ1) is 9.93. The molecule has 3 rings (SSSR count). The lowest BCUT2D eigenvalue weighted by Crippen LogP contribution is -2.37. The van der Waals surface area contributed by atoms with E-state index < -0.39 is 5.60 Å². The molecule has 1 saturated carbocycles. The van der Waals surface area contributed by atoms with E-state index in [2.05, 4.69) is 36.5 Å². The first kappa shape index (κ1) is 14.7. The number of aliphatic hydroxyl groups is 1. The second-order valence-corrected chi connectivity index (χ2v) is 7.01. The lowest BCUT2D eigenvalue weighted by atomic mass is 9.77. The number of nitrogens with zero attached hydrogens (tertiary/aromatic N) is 4. The zero-order valence-electron chi connectivity index (χ0n) is 12.3. The van der Waals surface area contributed by atoms with Crippen LogP contribution < -0.4 is 5.32 Å². The Balaban J connectivity index is 1.65. The highest BCUT2D eigenvalue weighted by atomic mass is 79.9. The monoisotopic (exact) mass is 353 g/mol. The summed E-state index contributed by atoms with van der Waals surface area (Å²) < 4.78 is 2.28. The Labute approximate surface area is 132 Å². The molecule has 0 amide bonds. The van der Waals surface area contributed by atoms with Crippen molar-refractivity contribution in [3.8, 4) is 0 Å². The van der Waals surface area contributed by atoms with Crippen LogP contribution in [-0.2, 0) is 0 Å². The third-order valence-electron chi connectivity index (χ3n) is 4.30. The molecule has 0 aromatic carbocycles. The second-order valence-electron chi connectivity index (χ2n) is 6.30. The third-order valence-corrected chi connectivity index (χ3v) is 4.80. The van der Waals surface area contributed by atoms with Gasteiger partial charge in [-0.25, -0.2) is 0 Å². The Hall–Kier alpha value is -1.21. The summed E-state index contributed by atoms with van der Waals surface area (Å²) in [5.74, 6) is 1.22. The van der Waals surface area contributed by atoms with Crippen LogP contribution in [0.2, 0.25) is 0 Å². The molecule has 0 aliphatic heterocycles. The van der Waals surface area contributed by atoms with E-state index in [1.807, 2.05) is 26.0 Å². The summed E-state index contributed by atoms with van der Waals surface area (Å²) in [6.45, 7) is 3.81. The summed E-state index contributed by atoms with van der Waals surface area (Å²) in [5, 5.41) is 26.0. The summed E-state index contributed by atoms with van der Waals surface area (Å²) in [5.41, 5.74) is 0.147. The standard InChI is InChI=1S/C14H20BrN5O/c1-14(2,21)9-3-5-10(6-4-9)16-11-7-8-12-17-18-13(15)20(12)19-11/h7-10,21H,3-6H2,1-2H3,(H,16,19). The molecule has 0 atom stereocenters. The van der Waals surface area contributed by atoms with Gasteiger partial charge in [0.2, 0.25) is 4.73 Å². The van der Waals surface area contributed by atoms with E-state index in [0.29, 0.717) is 16.7 Å². The molecule has 21 heavy (non-hydrogen) atoms. The van der Waals surface area contributed by atoms with Gasteiger partial charge in [-0.2, -0.15) is 4.52 Å². The van der Waals surface area contributed by atoms with Gasteiger partial charge in [0, 0.05) is 6.04 Å². The Morgan fingerprint density at radius 2 is 1.95 bits per heavy atom. The van der Waals surface area contributed by atoms with Crippen LogP contribution in [-0.4, -0.2) is 36.6 Å². The van der Waals surface area contributed by atoms with Gasteiger partial charge in [-0.1, -0.05) is 0 Å². The van der Waals surface area contributed by atoms with Crippen molar-refractivity contribution < 1.29 is 5.11 Å². The fourth-order valence-electron chi connectivity index (χ4n) is 2.99. The molecule has 6 nitrogen and oxygen atoms in total. The van der Waals surface area contributed by atoms with Crippen molar-refractivity contribution in [3.63, 3.8) is 0 Å². The summed E-state index contributed by atoms with van der Waals surface area (Å²) in [6, 6.07) is 4.23. The Kier molecular flexibility index (Phi) is 3.88. The highest BCUT2D eigenvalue weighted by Gasteiger charge is 2.31. The first-order valence-corrected chi connectivity index (χ1v) is 8.09. The van der Waals surface area contributed by atoms with E-state index in [9.17, 15) is 5.11 Å². The molecular formula is C14H20BrN5O. The molecule has 1 aliphatic carbocycles. The van der Waals surface area contributed by atoms with Crippen LogP contribution >= 0.6 is 15.9 Å². The molecule has 0 saturated heterocycles. The van der Waals surface area contributed by atoms with Crippen LogP contribution in [0.4, 0.5) is 5.82 Å². The maximum absolute atomic E-state index is 10.1. The van der Waals surface area contributed by atoms with Gasteiger partial charge in [0.1, 0.15) is 5.82 Å². The predicted molar refractivity (Wildman–Crippen MR) is 84.1 cm³/mol. The van der Waals surface area contributed by atoms with Gasteiger partial charge >= 0.3 is 0 Å². The molecule has 7 heteroatoms. The van der Waals surface area contributed by atoms with Gasteiger partial charge in [0.15, 0.2) is 5.65 Å². The van der Waals surface area contributed by atoms with Crippen molar-refractivity contribution in [2.45, 2.75) is 51.2 Å². The van der Waals surface area contributed by atoms with Crippen LogP contribution in [0.3, 0.4) is 0 Å². The number of halogens is 1. The molecule has 0 radical (unpaired) electrons. The van der Waals surface area contributed by atoms with Crippen molar-refractivity contribution in [2.75, 3.05) is 5.32 Å². The number of anilines is 1. The van der Waals surface area contributed by atoms with Crippen LogP contribution in [0.15, 0.2) is 16.9 Å². The normalized spacial score (nSPS) is 23.4. The summed E-state index contributed by atoms with van der Waals surface area (Å²) >= 11 is 3.33. The lowest BCUT2D eigenvalue weighted by Gasteiger charge is -2.36. The quantitative estimate of drug-likeness (QED) is 0.886. The minimum Gasteiger partial charge on any atom is -0.390 e. The van der Waals surface area contributed by atoms with E-state index in [-0.39, 0.29) is 0 Å². The zero-order valence-corrected chi connectivity index (χ0v) is 13.8. The molecule has 2 aromatic heterocycles. The van der Waals surface area contributed by atoms with Crippen molar-refractivity contribution in [1.29, 1.82) is 0 Å². The molecule has 2 N–H and O–H groups in total. The van der Waals surface area contributed by atoms with Crippen molar-refractivity contribution >= 4 is 27.4 Å². The average Bonchev–Trinajstić information content (AvgIpc) is 2.80. The van der Waals surface area contributed by atoms with Gasteiger partial charge in [0.25, 0.3) is 0 Å². The molecule has 2 aromatic rings. The number of nitrogens with one attached hydrogen (secondary N) is 1. The Morgan fingerprint density at radius 1 is 1.24 bits per heavy atom. The second kappa shape index (κ2) is 5.53. The van der Waals surface area contributed by atoms with Gasteiger partial charge < -0.3 is 10.4 Å². The number of hydrogen-bond acceptors (Lipinski definition) is 5. The van der Waals surface area contributed by atoms with Crippen LogP contribution in [0.1, 0.15) is 39.5 Å². The number of rotatable bonds is 3. The van der Waals surface area contributed by atoms with Crippen molar-refractivity contribution in [3.05, 3.63) is 16.9 Å². The van der Waals surface area contributed by atoms with E-state index in [4.69, 9.17) is 0 Å². The topological polar surface area (TPSA) is 75.3 Å². The maximum Gasteiger partial charge on any atom is 0.221 e. The van der Waals surface area contributed by atoms with E-state index in [1.165, 1.54) is 0 Å². The minimum atomic E-state index is -0.574. The molecule has 0 spiro atoms. The molecule has 1 fully saturated rings. The smallest absolute Gasteiger partial charge is 0.221 e. The fourth-order valence-corrected chi connectivity index (χ4v) is 3.33. The molecule has 0 bridgehead atoms. The Bertz CT molecular complexity index is 628. The molecule has 1 aliphatic rings. The SMILES string of the molecule is CC(C)(O)C1CCC(Nc2ccc3nnc(Br)n3n2)CC1. The largest absolute Gasteiger partial charge is 0.390 e. The van der Waals surface area contributed by atoms with Gasteiger partial charge in [-0.3, -0.25) is 0 Å². The highest BCUT2D eigenvalue weighted by molar-refractivity contribution is 9.10. The summed E-state index contributed by atoms with van der Waals surface area (Å²) in [4.78, 5) is 0. The minimum absolute atomic E-state index is 0.387. The maximum atomic E-state index is 10.1. The predicted octanol–water partition coefficient (Wildman–Crippen LogP) is 2.63. The van der Waals surface area contributed by atoms with Gasteiger partial charge in [0.05, 0.1) is 5.60 Å². The van der Waals surface area contributed by atoms with E-state index >= 15 is 0 Å². The number of aromatic nitrogens is 4. The zero-order chi connectivity index (χ0) is 15.0. The van der Waals surface area contributed by atoms with E-state index in [0.717, 1.165) is 37.1 Å². The van der Waals surface area contributed by atoms with Crippen LogP contribution in [0.5, 0.6) is 0 Å². The van der Waals surface area contributed by atoms with Crippen molar-refractivity contribution in [1.82, 2.24) is 19.8 Å². The summed E-state index contributed by atoms with van der Waals surface area (Å²) in [7, 11) is 0. The van der Waals surface area contributed by atoms with Gasteiger partial charge in [-0.15, -0.1) is 15.3 Å². The molecule has 2 heterocycles. The summed E-state index contributed by atoms with van der Waals surface area (Å²) in [6.07, 6.45) is 4.19. The third kappa shape index (κ3) is 3.18. The van der Waals surface area contributed by atoms with Gasteiger partial charge in [-0.05, 0) is 73.5 Å². The first-order valence-electron chi connectivity index (χ1n) is 7.30. The van der Waals surface area contributed by atoms with Crippen LogP contribution in [0, 0.1) is 5.92 Å². The Morgan fingerprint density at radius 3 is 2.62 bits per heavy atom. The molecule has 0 unspecified atom stereocenters. The number of hydrogen-bond donors (Lipinski definition) is 2. The lowest BCUT2D eigenvalue weighted by molar-refractivity contribution is -0.000405. The number of fused-ring (bicyclic) bond motifs is 1. The molecular weight excluding hydrogens is 334 g/mol. The average molecular weight is 354 g/mol. The van der Waals surface area contributed by atoms with Crippen LogP contribution in [0.25, 0.3) is 5.65 Å². The fraction of sp³-hybridized carbons (Fsp3) is 0.643. The van der Waals surface area contributed by atoms with E-state index in [1.54, 1.807) is 4.52 Å². The van der Waals surface area contributed by atoms with Crippen molar-refractivity contribution in [2.24, 2.45) is 5.92 Å².